The minimum absolute atomic E-state index is 0.119. The zero-order valence-corrected chi connectivity index (χ0v) is 57.9. The quantitative estimate of drug-likeness (QED) is 0.0325. The van der Waals surface area contributed by atoms with Crippen LogP contribution in [-0.4, -0.2) is 98.3 Å². The molecule has 0 unspecified atom stereocenters. The zero-order chi connectivity index (χ0) is 73.7. The summed E-state index contributed by atoms with van der Waals surface area (Å²) in [6.07, 6.45) is 8.88. The minimum atomic E-state index is -0.180. The number of fused-ring (bicyclic) bond motifs is 14. The van der Waals surface area contributed by atoms with Gasteiger partial charge in [0.2, 0.25) is 23.1 Å². The van der Waals surface area contributed by atoms with E-state index in [0.717, 1.165) is 50.0 Å². The number of aryl methyl sites for hydroxylation is 1. The number of anilines is 11. The van der Waals surface area contributed by atoms with Crippen LogP contribution in [0.1, 0.15) is 79.1 Å². The molecule has 31 heteroatoms. The third kappa shape index (κ3) is 12.3. The van der Waals surface area contributed by atoms with E-state index in [4.69, 9.17) is 17.2 Å². The summed E-state index contributed by atoms with van der Waals surface area (Å²) in [5, 5.41) is 46.8. The van der Waals surface area contributed by atoms with Crippen LogP contribution in [0.3, 0.4) is 0 Å². The minimum Gasteiger partial charge on any atom is -0.399 e. The molecule has 3 fully saturated rings. The number of hydrogen-bond acceptors (Lipinski definition) is 23. The molecule has 534 valence electrons. The molecule has 7 aromatic carbocycles. The van der Waals surface area contributed by atoms with Gasteiger partial charge < -0.3 is 38.5 Å². The van der Waals surface area contributed by atoms with Crippen molar-refractivity contribution in [3.05, 3.63) is 252 Å². The van der Waals surface area contributed by atoms with Crippen LogP contribution in [0, 0.1) is 6.92 Å². The Balaban J connectivity index is 0.0000000988. The van der Waals surface area contributed by atoms with Gasteiger partial charge in [-0.25, -0.2) is 33.1 Å². The Morgan fingerprint density at radius 2 is 0.679 bits per heavy atom. The summed E-state index contributed by atoms with van der Waals surface area (Å²) in [7, 11) is 0. The van der Waals surface area contributed by atoms with Gasteiger partial charge in [-0.15, -0.1) is 0 Å². The van der Waals surface area contributed by atoms with Gasteiger partial charge in [0, 0.05) is 104 Å². The van der Waals surface area contributed by atoms with Gasteiger partial charge in [-0.05, 0) is 155 Å². The van der Waals surface area contributed by atoms with E-state index in [1.165, 1.54) is 47.3 Å². The fraction of sp³-hybridized carbons (Fsp3) is 0.128. The van der Waals surface area contributed by atoms with Gasteiger partial charge in [-0.3, -0.25) is 44.0 Å². The average molecular weight is 1440 g/mol. The molecular formula is C78H63N27O4. The van der Waals surface area contributed by atoms with Crippen molar-refractivity contribution in [2.75, 3.05) is 38.5 Å². The van der Waals surface area contributed by atoms with Gasteiger partial charge in [0.05, 0.1) is 60.2 Å². The topological polar surface area (TPSA) is 430 Å². The van der Waals surface area contributed by atoms with E-state index in [9.17, 15) is 19.2 Å². The first-order valence-electron chi connectivity index (χ1n) is 35.3. The standard InChI is InChI=1S/C21H17N7O.C21H16N6O.C19H15N7O.C17H15N7O/c22-12-7-8-13-16(9-12)23-21-25-19(24-18-10-15(26-27-18)11-5-6-11)14-3-1-2-4-17(14)28(21)20(13)29;28-20-13-5-1-3-7-15(13)22-21-24-19(14-6-2-4-8-17(14)27(20)21)23-18-11-16(25-26-18)12-9-10-12;1-10-8-16(25-24-10)22-17-13-4-2-3-5-15(13)26-18(27)12-7-6-11(20)9-14(12)21-19(26)23-17;18-10-3-4-11-13(7-10)19-17-21-14(5-6-24(17)16(11)25)20-15-8-12(22-23-15)9-1-2-9/h1-4,7-11H,5-6,22H2,(H2,23,24,25,26,27);1-8,11-12H,9-10H2,(H2,22,23,24,25,26);2-9H,20H2,1H3,(H2,21,22,23,24,25);3-9H,1-2,18H2,(H2,19,20,21,22,23). The smallest absolute Gasteiger partial charge is 0.267 e. The fourth-order valence-electron chi connectivity index (χ4n) is 13.5. The van der Waals surface area contributed by atoms with Crippen molar-refractivity contribution >= 4 is 163 Å². The predicted molar refractivity (Wildman–Crippen MR) is 421 cm³/mol. The Morgan fingerprint density at radius 3 is 1.09 bits per heavy atom. The van der Waals surface area contributed by atoms with E-state index in [-0.39, 0.29) is 22.2 Å². The number of hydrogen-bond donors (Lipinski definition) is 11. The molecule has 3 aliphatic carbocycles. The molecule has 14 N–H and O–H groups in total. The number of nitrogens with zero attached hydrogens (tertiary/aromatic N) is 16. The molecule has 19 aromatic rings. The highest BCUT2D eigenvalue weighted by molar-refractivity contribution is 5.97. The number of aromatic amines is 4. The fourth-order valence-corrected chi connectivity index (χ4v) is 13.5. The first kappa shape index (κ1) is 64.8. The molecule has 12 aromatic heterocycles. The molecule has 3 saturated carbocycles. The molecule has 0 spiro atoms. The van der Waals surface area contributed by atoms with Crippen molar-refractivity contribution in [3.63, 3.8) is 0 Å². The van der Waals surface area contributed by atoms with Crippen molar-refractivity contribution in [3.8, 4) is 0 Å². The van der Waals surface area contributed by atoms with Crippen LogP contribution < -0.4 is 60.7 Å². The van der Waals surface area contributed by atoms with E-state index < -0.39 is 0 Å². The summed E-state index contributed by atoms with van der Waals surface area (Å²) in [5.41, 5.74) is 27.3. The molecule has 0 aliphatic heterocycles. The molecule has 31 nitrogen and oxygen atoms in total. The Kier molecular flexibility index (Phi) is 15.4. The number of nitrogens with one attached hydrogen (secondary N) is 8. The summed E-state index contributed by atoms with van der Waals surface area (Å²) in [6.45, 7) is 1.92. The largest absolute Gasteiger partial charge is 0.399 e. The van der Waals surface area contributed by atoms with Crippen LogP contribution >= 0.6 is 0 Å². The molecule has 22 rings (SSSR count). The number of nitrogens with two attached hydrogens (primary N) is 3. The molecule has 0 saturated heterocycles. The first-order valence-corrected chi connectivity index (χ1v) is 35.3. The second-order valence-electron chi connectivity index (χ2n) is 27.2. The maximum absolute atomic E-state index is 13.2. The first-order chi connectivity index (χ1) is 53.2. The van der Waals surface area contributed by atoms with Gasteiger partial charge >= 0.3 is 0 Å². The molecule has 0 amide bonds. The summed E-state index contributed by atoms with van der Waals surface area (Å²) >= 11 is 0. The maximum atomic E-state index is 13.2. The lowest BCUT2D eigenvalue weighted by molar-refractivity contribution is 0.965. The van der Waals surface area contributed by atoms with Crippen molar-refractivity contribution < 1.29 is 0 Å². The number of para-hydroxylation sites is 4. The highest BCUT2D eigenvalue weighted by Gasteiger charge is 2.29. The monoisotopic (exact) mass is 1440 g/mol. The van der Waals surface area contributed by atoms with Gasteiger partial charge in [-0.1, -0.05) is 48.5 Å². The van der Waals surface area contributed by atoms with Crippen LogP contribution in [0.15, 0.2) is 207 Å². The third-order valence-corrected chi connectivity index (χ3v) is 19.4. The number of aromatic nitrogens is 20. The second kappa shape index (κ2) is 26.0. The van der Waals surface area contributed by atoms with Crippen LogP contribution in [0.4, 0.5) is 63.6 Å². The summed E-state index contributed by atoms with van der Waals surface area (Å²) in [6, 6.07) is 55.1. The average Bonchev–Trinajstić information content (AvgIpc) is 1.55. The van der Waals surface area contributed by atoms with Crippen molar-refractivity contribution in [2.45, 2.75) is 63.2 Å². The van der Waals surface area contributed by atoms with Crippen LogP contribution in [-0.2, 0) is 0 Å². The molecule has 12 heterocycles. The Bertz CT molecular complexity index is 7180. The van der Waals surface area contributed by atoms with E-state index in [0.29, 0.717) is 154 Å². The normalized spacial score (nSPS) is 13.5. The number of nitrogen functional groups attached to an aromatic ring is 3. The molecule has 0 radical (unpaired) electrons. The highest BCUT2D eigenvalue weighted by Crippen LogP contribution is 2.42. The van der Waals surface area contributed by atoms with Crippen molar-refractivity contribution in [1.29, 1.82) is 0 Å². The van der Waals surface area contributed by atoms with Crippen LogP contribution in [0.2, 0.25) is 0 Å². The van der Waals surface area contributed by atoms with E-state index in [1.54, 1.807) is 81.7 Å². The van der Waals surface area contributed by atoms with Crippen LogP contribution in [0.25, 0.3) is 99.4 Å². The lowest BCUT2D eigenvalue weighted by atomic mass is 10.2. The lowest BCUT2D eigenvalue weighted by Gasteiger charge is -2.11. The Hall–Kier alpha value is -15.0. The number of rotatable bonds is 11. The molecule has 109 heavy (non-hydrogen) atoms. The number of benzene rings is 7. The van der Waals surface area contributed by atoms with Gasteiger partial charge in [0.15, 0.2) is 23.3 Å². The zero-order valence-electron chi connectivity index (χ0n) is 57.9. The van der Waals surface area contributed by atoms with Crippen molar-refractivity contribution in [1.82, 2.24) is 98.3 Å². The van der Waals surface area contributed by atoms with Gasteiger partial charge in [0.25, 0.3) is 22.2 Å². The van der Waals surface area contributed by atoms with Gasteiger partial charge in [0.1, 0.15) is 23.3 Å². The third-order valence-electron chi connectivity index (χ3n) is 19.4. The second-order valence-corrected chi connectivity index (χ2v) is 27.2. The Labute approximate surface area is 612 Å². The predicted octanol–water partition coefficient (Wildman–Crippen LogP) is 12.0. The van der Waals surface area contributed by atoms with Crippen molar-refractivity contribution in [2.24, 2.45) is 0 Å². The molecule has 3 aliphatic rings. The Morgan fingerprint density at radius 1 is 0.330 bits per heavy atom. The lowest BCUT2D eigenvalue weighted by Crippen LogP contribution is -2.18. The molecular weight excluding hydrogens is 1380 g/mol. The van der Waals surface area contributed by atoms with E-state index in [2.05, 4.69) is 102 Å². The SMILES string of the molecule is Cc1cc(Nc2nc3nc4cc(N)ccc4c(=O)n3c3ccccc23)n[nH]1.Nc1ccc2c(=O)n3c(nc(Nc4cc(C5CC5)[nH]n4)c4ccccc43)nc2c1.Nc1ccc2c(=O)n3ccc(Nc4cc(C5CC5)[nH]n4)nc3nc2c1.O=c1c2ccccc2nc2nc(Nc3cc(C4CC4)[nH]n3)c3ccccc3n12. The summed E-state index contributed by atoms with van der Waals surface area (Å²) in [4.78, 5) is 88.5. The summed E-state index contributed by atoms with van der Waals surface area (Å²) in [5.74, 6) is 8.19. The number of H-pyrrole nitrogens is 4. The van der Waals surface area contributed by atoms with E-state index >= 15 is 0 Å². The molecule has 0 atom stereocenters. The maximum Gasteiger partial charge on any atom is 0.267 e. The van der Waals surface area contributed by atoms with Gasteiger partial charge in [-0.2, -0.15) is 40.3 Å². The summed E-state index contributed by atoms with van der Waals surface area (Å²) < 4.78 is 6.06. The molecule has 0 bridgehead atoms. The highest BCUT2D eigenvalue weighted by atomic mass is 16.1. The van der Waals surface area contributed by atoms with E-state index in [1.807, 2.05) is 122 Å². The van der Waals surface area contributed by atoms with Crippen LogP contribution in [0.5, 0.6) is 0 Å².